The lowest BCUT2D eigenvalue weighted by molar-refractivity contribution is 0.0925. The van der Waals surface area contributed by atoms with Gasteiger partial charge >= 0.3 is 0 Å². The molecule has 0 radical (unpaired) electrons. The van der Waals surface area contributed by atoms with Crippen molar-refractivity contribution in [2.75, 3.05) is 6.61 Å². The Labute approximate surface area is 125 Å². The highest BCUT2D eigenvalue weighted by molar-refractivity contribution is 9.10. The molecule has 0 atom stereocenters. The van der Waals surface area contributed by atoms with Crippen molar-refractivity contribution in [2.45, 2.75) is 20.3 Å². The van der Waals surface area contributed by atoms with E-state index >= 15 is 0 Å². The van der Waals surface area contributed by atoms with Crippen LogP contribution >= 0.6 is 27.3 Å². The molecular weight excluding hydrogens is 324 g/mol. The number of rotatable bonds is 5. The standard InChI is InChI=1S/C15H15BrO2S/c1-3-12-5-7-15(19-12)14(17)9-18-11-4-6-13(16)10(2)8-11/h4-8H,3,9H2,1-2H3. The topological polar surface area (TPSA) is 26.3 Å². The summed E-state index contributed by atoms with van der Waals surface area (Å²) in [6.45, 7) is 4.16. The minimum atomic E-state index is 0.0327. The minimum absolute atomic E-state index is 0.0327. The fourth-order valence-electron chi connectivity index (χ4n) is 1.64. The van der Waals surface area contributed by atoms with Crippen LogP contribution in [0, 0.1) is 6.92 Å². The Morgan fingerprint density at radius 3 is 2.74 bits per heavy atom. The van der Waals surface area contributed by atoms with Crippen LogP contribution in [0.4, 0.5) is 0 Å². The molecule has 19 heavy (non-hydrogen) atoms. The number of aryl methyl sites for hydroxylation is 2. The molecule has 1 aromatic carbocycles. The molecule has 2 nitrogen and oxygen atoms in total. The van der Waals surface area contributed by atoms with Crippen LogP contribution in [0.5, 0.6) is 5.75 Å². The van der Waals surface area contributed by atoms with E-state index in [4.69, 9.17) is 4.74 Å². The maximum absolute atomic E-state index is 12.0. The summed E-state index contributed by atoms with van der Waals surface area (Å²) in [6, 6.07) is 9.58. The van der Waals surface area contributed by atoms with E-state index in [-0.39, 0.29) is 12.4 Å². The first kappa shape index (κ1) is 14.3. The maximum atomic E-state index is 12.0. The van der Waals surface area contributed by atoms with Crippen LogP contribution in [-0.4, -0.2) is 12.4 Å². The van der Waals surface area contributed by atoms with Gasteiger partial charge in [0.15, 0.2) is 6.61 Å². The van der Waals surface area contributed by atoms with Crippen LogP contribution in [0.2, 0.25) is 0 Å². The zero-order chi connectivity index (χ0) is 13.8. The predicted octanol–water partition coefficient (Wildman–Crippen LogP) is 4.64. The number of carbonyl (C=O) groups is 1. The average molecular weight is 339 g/mol. The summed E-state index contributed by atoms with van der Waals surface area (Å²) in [6.07, 6.45) is 0.963. The number of Topliss-reactive ketones (excluding diaryl/α,β-unsaturated/α-hetero) is 1. The van der Waals surface area contributed by atoms with E-state index in [1.165, 1.54) is 4.88 Å². The number of hydrogen-bond donors (Lipinski definition) is 0. The number of ether oxygens (including phenoxy) is 1. The largest absolute Gasteiger partial charge is 0.485 e. The molecule has 0 N–H and O–H groups in total. The Hall–Kier alpha value is -1.13. The lowest BCUT2D eigenvalue weighted by Gasteiger charge is -2.06. The van der Waals surface area contributed by atoms with Crippen molar-refractivity contribution < 1.29 is 9.53 Å². The van der Waals surface area contributed by atoms with E-state index < -0.39 is 0 Å². The molecule has 2 rings (SSSR count). The third-order valence-electron chi connectivity index (χ3n) is 2.78. The molecule has 1 aromatic heterocycles. The molecule has 0 saturated carbocycles. The Kier molecular flexibility index (Phi) is 4.77. The highest BCUT2D eigenvalue weighted by atomic mass is 79.9. The number of carbonyl (C=O) groups excluding carboxylic acids is 1. The number of ketones is 1. The second-order valence-corrected chi connectivity index (χ2v) is 6.27. The number of hydrogen-bond acceptors (Lipinski definition) is 3. The zero-order valence-electron chi connectivity index (χ0n) is 10.9. The van der Waals surface area contributed by atoms with Crippen molar-refractivity contribution in [3.63, 3.8) is 0 Å². The third kappa shape index (κ3) is 3.67. The van der Waals surface area contributed by atoms with E-state index in [0.29, 0.717) is 0 Å². The molecule has 1 heterocycles. The fourth-order valence-corrected chi connectivity index (χ4v) is 2.76. The van der Waals surface area contributed by atoms with Crippen LogP contribution in [0.25, 0.3) is 0 Å². The van der Waals surface area contributed by atoms with Crippen molar-refractivity contribution in [3.05, 3.63) is 50.1 Å². The van der Waals surface area contributed by atoms with Crippen molar-refractivity contribution in [1.82, 2.24) is 0 Å². The van der Waals surface area contributed by atoms with Crippen molar-refractivity contribution >= 4 is 33.0 Å². The Morgan fingerprint density at radius 2 is 2.11 bits per heavy atom. The molecule has 0 bridgehead atoms. The first-order chi connectivity index (χ1) is 9.10. The second kappa shape index (κ2) is 6.35. The molecule has 100 valence electrons. The highest BCUT2D eigenvalue weighted by Crippen LogP contribution is 2.22. The first-order valence-corrected chi connectivity index (χ1v) is 7.72. The summed E-state index contributed by atoms with van der Waals surface area (Å²) in [4.78, 5) is 14.0. The van der Waals surface area contributed by atoms with Crippen LogP contribution in [0.1, 0.15) is 27.0 Å². The third-order valence-corrected chi connectivity index (χ3v) is 4.94. The summed E-state index contributed by atoms with van der Waals surface area (Å²) < 4.78 is 6.58. The molecule has 0 spiro atoms. The van der Waals surface area contributed by atoms with E-state index in [0.717, 1.165) is 27.1 Å². The van der Waals surface area contributed by atoms with Gasteiger partial charge in [-0.25, -0.2) is 0 Å². The van der Waals surface area contributed by atoms with Gasteiger partial charge in [-0.15, -0.1) is 11.3 Å². The van der Waals surface area contributed by atoms with E-state index in [1.807, 2.05) is 37.3 Å². The highest BCUT2D eigenvalue weighted by Gasteiger charge is 2.10. The van der Waals surface area contributed by atoms with Crippen molar-refractivity contribution in [2.24, 2.45) is 0 Å². The van der Waals surface area contributed by atoms with Crippen LogP contribution in [-0.2, 0) is 6.42 Å². The number of benzene rings is 1. The van der Waals surface area contributed by atoms with Gasteiger partial charge in [-0.3, -0.25) is 4.79 Å². The van der Waals surface area contributed by atoms with Gasteiger partial charge in [-0.1, -0.05) is 22.9 Å². The van der Waals surface area contributed by atoms with E-state index in [9.17, 15) is 4.79 Å². The van der Waals surface area contributed by atoms with Crippen LogP contribution in [0.3, 0.4) is 0 Å². The normalized spacial score (nSPS) is 10.5. The van der Waals surface area contributed by atoms with Gasteiger partial charge in [-0.05, 0) is 49.2 Å². The van der Waals surface area contributed by atoms with Crippen LogP contribution < -0.4 is 4.74 Å². The average Bonchev–Trinajstić information content (AvgIpc) is 2.88. The van der Waals surface area contributed by atoms with Crippen molar-refractivity contribution in [1.29, 1.82) is 0 Å². The van der Waals surface area contributed by atoms with E-state index in [1.54, 1.807) is 11.3 Å². The fraction of sp³-hybridized carbons (Fsp3) is 0.267. The summed E-state index contributed by atoms with van der Waals surface area (Å²) in [7, 11) is 0. The van der Waals surface area contributed by atoms with Gasteiger partial charge in [0.1, 0.15) is 5.75 Å². The van der Waals surface area contributed by atoms with Crippen molar-refractivity contribution in [3.8, 4) is 5.75 Å². The molecule has 2 aromatic rings. The molecule has 0 amide bonds. The quantitative estimate of drug-likeness (QED) is 0.742. The lowest BCUT2D eigenvalue weighted by Crippen LogP contribution is -2.10. The molecule has 0 fully saturated rings. The van der Waals surface area contributed by atoms with Gasteiger partial charge in [-0.2, -0.15) is 0 Å². The summed E-state index contributed by atoms with van der Waals surface area (Å²) in [5, 5.41) is 0. The molecule has 0 aliphatic heterocycles. The monoisotopic (exact) mass is 338 g/mol. The molecule has 0 aliphatic rings. The van der Waals surface area contributed by atoms with Gasteiger partial charge in [0, 0.05) is 9.35 Å². The zero-order valence-corrected chi connectivity index (χ0v) is 13.3. The smallest absolute Gasteiger partial charge is 0.210 e. The predicted molar refractivity (Wildman–Crippen MR) is 82.4 cm³/mol. The van der Waals surface area contributed by atoms with Gasteiger partial charge in [0.2, 0.25) is 5.78 Å². The first-order valence-electron chi connectivity index (χ1n) is 6.11. The summed E-state index contributed by atoms with van der Waals surface area (Å²) in [5.74, 6) is 0.756. The molecule has 0 aliphatic carbocycles. The number of thiophene rings is 1. The Balaban J connectivity index is 1.98. The van der Waals surface area contributed by atoms with Gasteiger partial charge in [0.05, 0.1) is 4.88 Å². The molecular formula is C15H15BrO2S. The summed E-state index contributed by atoms with van der Waals surface area (Å²) >= 11 is 4.98. The molecule has 0 unspecified atom stereocenters. The molecule has 4 heteroatoms. The Morgan fingerprint density at radius 1 is 1.32 bits per heavy atom. The maximum Gasteiger partial charge on any atom is 0.210 e. The lowest BCUT2D eigenvalue weighted by atomic mass is 10.2. The SMILES string of the molecule is CCc1ccc(C(=O)COc2ccc(Br)c(C)c2)s1. The van der Waals surface area contributed by atoms with Gasteiger partial charge < -0.3 is 4.74 Å². The number of halogens is 1. The van der Waals surface area contributed by atoms with Gasteiger partial charge in [0.25, 0.3) is 0 Å². The minimum Gasteiger partial charge on any atom is -0.485 e. The second-order valence-electron chi connectivity index (χ2n) is 4.24. The Bertz CT molecular complexity index is 590. The van der Waals surface area contributed by atoms with Crippen LogP contribution in [0.15, 0.2) is 34.8 Å². The molecule has 0 saturated heterocycles. The van der Waals surface area contributed by atoms with E-state index in [2.05, 4.69) is 22.9 Å². The summed E-state index contributed by atoms with van der Waals surface area (Å²) in [5.41, 5.74) is 1.09.